The van der Waals surface area contributed by atoms with Crippen LogP contribution >= 0.6 is 0 Å². The second-order valence-electron chi connectivity index (χ2n) is 8.35. The van der Waals surface area contributed by atoms with E-state index < -0.39 is 12.7 Å². The SMILES string of the molecule is COc1ccc(N(C(=O)[O-])c2ccnc(Nc3ccc(N4CCN(C)CC4)c(OC(F)F)c3)n2)c(OC)c1. The minimum absolute atomic E-state index is 0.00467. The number of hydrogen-bond donors (Lipinski definition) is 1. The summed E-state index contributed by atoms with van der Waals surface area (Å²) in [7, 11) is 4.87. The molecular weight excluding hydrogens is 502 g/mol. The van der Waals surface area contributed by atoms with Gasteiger partial charge in [0.1, 0.15) is 23.4 Å². The number of nitrogens with one attached hydrogen (secondary N) is 1. The zero-order valence-electron chi connectivity index (χ0n) is 21.1. The third-order valence-electron chi connectivity index (χ3n) is 5.96. The van der Waals surface area contributed by atoms with Crippen LogP contribution in [0.4, 0.5) is 42.4 Å². The van der Waals surface area contributed by atoms with Crippen LogP contribution in [0, 0.1) is 0 Å². The number of halogens is 2. The van der Waals surface area contributed by atoms with E-state index >= 15 is 0 Å². The second-order valence-corrected chi connectivity index (χ2v) is 8.35. The molecule has 1 aromatic heterocycles. The average Bonchev–Trinajstić information content (AvgIpc) is 2.89. The summed E-state index contributed by atoms with van der Waals surface area (Å²) in [5, 5.41) is 15.0. The molecule has 4 rings (SSSR count). The predicted octanol–water partition coefficient (Wildman–Crippen LogP) is 3.07. The first-order valence-corrected chi connectivity index (χ1v) is 11.6. The Hall–Kier alpha value is -4.39. The molecule has 1 saturated heterocycles. The number of amides is 1. The lowest BCUT2D eigenvalue weighted by Crippen LogP contribution is -2.44. The van der Waals surface area contributed by atoms with Crippen molar-refractivity contribution in [2.45, 2.75) is 6.61 Å². The molecule has 0 aliphatic carbocycles. The molecule has 1 aliphatic heterocycles. The molecule has 1 N–H and O–H groups in total. The molecule has 2 heterocycles. The molecule has 0 atom stereocenters. The Morgan fingerprint density at radius 1 is 1.05 bits per heavy atom. The Balaban J connectivity index is 1.62. The Labute approximate surface area is 218 Å². The molecule has 202 valence electrons. The number of alkyl halides is 2. The minimum atomic E-state index is -3.01. The van der Waals surface area contributed by atoms with Gasteiger partial charge in [-0.3, -0.25) is 4.90 Å². The number of carbonyl (C=O) groups excluding carboxylic acids is 1. The van der Waals surface area contributed by atoms with Crippen LogP contribution in [-0.4, -0.2) is 75.0 Å². The predicted molar refractivity (Wildman–Crippen MR) is 135 cm³/mol. The Morgan fingerprint density at radius 3 is 2.47 bits per heavy atom. The maximum Gasteiger partial charge on any atom is 0.387 e. The lowest BCUT2D eigenvalue weighted by Gasteiger charge is -2.35. The average molecular weight is 530 g/mol. The molecule has 11 nitrogen and oxygen atoms in total. The third kappa shape index (κ3) is 6.11. The number of ether oxygens (including phenoxy) is 3. The molecule has 0 saturated carbocycles. The van der Waals surface area contributed by atoms with E-state index in [0.717, 1.165) is 18.0 Å². The van der Waals surface area contributed by atoms with Crippen molar-refractivity contribution < 1.29 is 32.9 Å². The number of likely N-dealkylation sites (N-methyl/N-ethyl adjacent to an activating group) is 1. The molecular formula is C25H27F2N6O5-. The zero-order valence-corrected chi connectivity index (χ0v) is 21.1. The van der Waals surface area contributed by atoms with Crippen molar-refractivity contribution in [3.05, 3.63) is 48.7 Å². The number of benzene rings is 2. The van der Waals surface area contributed by atoms with Gasteiger partial charge in [0, 0.05) is 50.2 Å². The number of hydrogen-bond acceptors (Lipinski definition) is 10. The van der Waals surface area contributed by atoms with E-state index in [-0.39, 0.29) is 29.0 Å². The van der Waals surface area contributed by atoms with Crippen LogP contribution in [0.5, 0.6) is 17.2 Å². The van der Waals surface area contributed by atoms with Gasteiger partial charge in [0.15, 0.2) is 5.75 Å². The Bertz CT molecular complexity index is 1270. The summed E-state index contributed by atoms with van der Waals surface area (Å²) in [6, 6.07) is 10.8. The van der Waals surface area contributed by atoms with Crippen LogP contribution in [-0.2, 0) is 0 Å². The number of rotatable bonds is 9. The fourth-order valence-corrected chi connectivity index (χ4v) is 4.04. The summed E-state index contributed by atoms with van der Waals surface area (Å²) >= 11 is 0. The highest BCUT2D eigenvalue weighted by atomic mass is 19.3. The molecule has 1 fully saturated rings. The number of piperazine rings is 1. The van der Waals surface area contributed by atoms with Crippen molar-refractivity contribution in [2.24, 2.45) is 0 Å². The maximum absolute atomic E-state index is 13.2. The summed E-state index contributed by atoms with van der Waals surface area (Å²) < 4.78 is 41.7. The standard InChI is InChI=1S/C25H28F2N6O5/c1-31-10-12-32(13-11-31)18-6-4-16(14-21(18)38-23(26)27)29-24-28-9-8-22(30-24)33(25(34)35)19-7-5-17(36-2)15-20(19)37-3/h4-9,14-15,23H,10-13H2,1-3H3,(H,34,35)(H,28,29,30)/p-1. The molecule has 1 amide bonds. The number of anilines is 5. The van der Waals surface area contributed by atoms with E-state index in [2.05, 4.69) is 20.2 Å². The smallest absolute Gasteiger partial charge is 0.387 e. The molecule has 2 aromatic carbocycles. The second kappa shape index (κ2) is 11.8. The summed E-state index contributed by atoms with van der Waals surface area (Å²) in [6.07, 6.45) is -0.201. The van der Waals surface area contributed by atoms with Gasteiger partial charge in [0.05, 0.1) is 25.6 Å². The highest BCUT2D eigenvalue weighted by Gasteiger charge is 2.21. The van der Waals surface area contributed by atoms with Crippen LogP contribution in [0.3, 0.4) is 0 Å². The number of nitrogens with zero attached hydrogens (tertiary/aromatic N) is 5. The summed E-state index contributed by atoms with van der Waals surface area (Å²) in [5.41, 5.74) is 1.08. The first kappa shape index (κ1) is 26.7. The van der Waals surface area contributed by atoms with Crippen molar-refractivity contribution in [3.8, 4) is 17.2 Å². The number of carboxylic acid groups (broad SMARTS) is 1. The monoisotopic (exact) mass is 529 g/mol. The summed E-state index contributed by atoms with van der Waals surface area (Å²) in [4.78, 5) is 25.5. The van der Waals surface area contributed by atoms with Gasteiger partial charge in [-0.25, -0.2) is 4.98 Å². The Morgan fingerprint density at radius 2 is 1.82 bits per heavy atom. The van der Waals surface area contributed by atoms with Crippen molar-refractivity contribution >= 4 is 34.9 Å². The van der Waals surface area contributed by atoms with Gasteiger partial charge in [-0.2, -0.15) is 13.8 Å². The first-order chi connectivity index (χ1) is 18.3. The molecule has 0 bridgehead atoms. The highest BCUT2D eigenvalue weighted by Crippen LogP contribution is 2.37. The quantitative estimate of drug-likeness (QED) is 0.443. The normalized spacial score (nSPS) is 13.8. The van der Waals surface area contributed by atoms with Gasteiger partial charge in [-0.05, 0) is 37.4 Å². The molecule has 0 unspecified atom stereocenters. The van der Waals surface area contributed by atoms with Crippen LogP contribution < -0.4 is 34.4 Å². The molecule has 13 heteroatoms. The minimum Gasteiger partial charge on any atom is -0.529 e. The summed E-state index contributed by atoms with van der Waals surface area (Å²) in [6.45, 7) is -0.0815. The van der Waals surface area contributed by atoms with E-state index in [0.29, 0.717) is 30.2 Å². The van der Waals surface area contributed by atoms with Crippen LogP contribution in [0.1, 0.15) is 0 Å². The molecule has 1 aliphatic rings. The maximum atomic E-state index is 13.2. The van der Waals surface area contributed by atoms with E-state index in [4.69, 9.17) is 14.2 Å². The zero-order chi connectivity index (χ0) is 27.2. The molecule has 38 heavy (non-hydrogen) atoms. The highest BCUT2D eigenvalue weighted by molar-refractivity contribution is 5.94. The van der Waals surface area contributed by atoms with Crippen molar-refractivity contribution in [1.29, 1.82) is 0 Å². The molecule has 0 radical (unpaired) electrons. The van der Waals surface area contributed by atoms with Crippen LogP contribution in [0.25, 0.3) is 0 Å². The van der Waals surface area contributed by atoms with Gasteiger partial charge >= 0.3 is 6.61 Å². The largest absolute Gasteiger partial charge is 0.529 e. The number of carbonyl (C=O) groups is 1. The first-order valence-electron chi connectivity index (χ1n) is 11.6. The van der Waals surface area contributed by atoms with Gasteiger partial charge in [0.2, 0.25) is 5.95 Å². The number of methoxy groups -OCH3 is 2. The lowest BCUT2D eigenvalue weighted by atomic mass is 10.2. The van der Waals surface area contributed by atoms with Crippen molar-refractivity contribution in [3.63, 3.8) is 0 Å². The lowest BCUT2D eigenvalue weighted by molar-refractivity contribution is -0.245. The van der Waals surface area contributed by atoms with Gasteiger partial charge in [-0.1, -0.05) is 0 Å². The van der Waals surface area contributed by atoms with Crippen LogP contribution in [0.15, 0.2) is 48.7 Å². The van der Waals surface area contributed by atoms with Crippen molar-refractivity contribution in [1.82, 2.24) is 14.9 Å². The topological polar surface area (TPSA) is 115 Å². The third-order valence-corrected chi connectivity index (χ3v) is 5.96. The van der Waals surface area contributed by atoms with E-state index in [9.17, 15) is 18.7 Å². The van der Waals surface area contributed by atoms with Gasteiger partial charge < -0.3 is 39.2 Å². The van der Waals surface area contributed by atoms with Crippen LogP contribution in [0.2, 0.25) is 0 Å². The fourth-order valence-electron chi connectivity index (χ4n) is 4.04. The van der Waals surface area contributed by atoms with E-state index in [1.165, 1.54) is 44.7 Å². The molecule has 3 aromatic rings. The molecule has 0 spiro atoms. The summed E-state index contributed by atoms with van der Waals surface area (Å²) in [5.74, 6) is 0.691. The number of aromatic nitrogens is 2. The van der Waals surface area contributed by atoms with E-state index in [1.807, 2.05) is 11.9 Å². The van der Waals surface area contributed by atoms with E-state index in [1.54, 1.807) is 18.2 Å². The fraction of sp³-hybridized carbons (Fsp3) is 0.320. The van der Waals surface area contributed by atoms with Crippen molar-refractivity contribution in [2.75, 3.05) is 62.6 Å². The Kier molecular flexibility index (Phi) is 8.26. The van der Waals surface area contributed by atoms with Gasteiger partial charge in [0.25, 0.3) is 0 Å². The van der Waals surface area contributed by atoms with Gasteiger partial charge in [-0.15, -0.1) is 0 Å².